The predicted molar refractivity (Wildman–Crippen MR) is 112 cm³/mol. The van der Waals surface area contributed by atoms with Crippen LogP contribution in [0.15, 0.2) is 85.1 Å². The molecule has 0 unspecified atom stereocenters. The molecule has 2 N–H and O–H groups in total. The highest BCUT2D eigenvalue weighted by molar-refractivity contribution is 6.31. The van der Waals surface area contributed by atoms with Crippen LogP contribution in [0.1, 0.15) is 0 Å². The number of rotatable bonds is 5. The zero-order valence-electron chi connectivity index (χ0n) is 14.5. The molecule has 1 amide bonds. The van der Waals surface area contributed by atoms with Crippen LogP contribution in [0.3, 0.4) is 0 Å². The largest absolute Gasteiger partial charge is 0.356 e. The summed E-state index contributed by atoms with van der Waals surface area (Å²) < 4.78 is 1.91. The van der Waals surface area contributed by atoms with Gasteiger partial charge in [0.15, 0.2) is 0 Å². The summed E-state index contributed by atoms with van der Waals surface area (Å²) in [7, 11) is 0. The Balaban J connectivity index is 1.40. The van der Waals surface area contributed by atoms with Gasteiger partial charge in [-0.25, -0.2) is 0 Å². The van der Waals surface area contributed by atoms with Gasteiger partial charge in [-0.15, -0.1) is 0 Å². The molecule has 1 heterocycles. The van der Waals surface area contributed by atoms with Crippen LogP contribution >= 0.6 is 11.6 Å². The molecule has 5 heteroatoms. The Morgan fingerprint density at radius 3 is 2.33 bits per heavy atom. The summed E-state index contributed by atoms with van der Waals surface area (Å²) in [6, 6.07) is 25.2. The zero-order valence-corrected chi connectivity index (χ0v) is 15.3. The first-order valence-corrected chi connectivity index (χ1v) is 9.01. The van der Waals surface area contributed by atoms with E-state index < -0.39 is 0 Å². The Labute approximate surface area is 162 Å². The minimum atomic E-state index is -0.0776. The van der Waals surface area contributed by atoms with Crippen molar-refractivity contribution in [3.8, 4) is 0 Å². The third kappa shape index (κ3) is 4.13. The van der Waals surface area contributed by atoms with Crippen LogP contribution < -0.4 is 10.6 Å². The third-order valence-corrected chi connectivity index (χ3v) is 4.51. The summed E-state index contributed by atoms with van der Waals surface area (Å²) in [5.74, 6) is -0.0776. The summed E-state index contributed by atoms with van der Waals surface area (Å²) in [6.45, 7) is 0.245. The minimum Gasteiger partial charge on any atom is -0.356 e. The van der Waals surface area contributed by atoms with E-state index in [1.165, 1.54) is 0 Å². The topological polar surface area (TPSA) is 46.1 Å². The van der Waals surface area contributed by atoms with Gasteiger partial charge in [0.2, 0.25) is 5.91 Å². The molecule has 3 aromatic carbocycles. The SMILES string of the molecule is O=C(Cn1ccc2cc(Cl)ccc21)Nc1ccc(Nc2ccccc2)cc1. The van der Waals surface area contributed by atoms with Gasteiger partial charge in [-0.1, -0.05) is 29.8 Å². The van der Waals surface area contributed by atoms with Gasteiger partial charge in [0.05, 0.1) is 0 Å². The number of carbonyl (C=O) groups is 1. The van der Waals surface area contributed by atoms with Crippen molar-refractivity contribution in [2.24, 2.45) is 0 Å². The van der Waals surface area contributed by atoms with Crippen LogP contribution in [0.2, 0.25) is 5.02 Å². The minimum absolute atomic E-state index is 0.0776. The third-order valence-electron chi connectivity index (χ3n) is 4.28. The van der Waals surface area contributed by atoms with Crippen molar-refractivity contribution < 1.29 is 4.79 Å². The molecule has 27 heavy (non-hydrogen) atoms. The van der Waals surface area contributed by atoms with Gasteiger partial charge in [-0.3, -0.25) is 4.79 Å². The van der Waals surface area contributed by atoms with Crippen LogP contribution in [0.25, 0.3) is 10.9 Å². The number of para-hydroxylation sites is 1. The molecule has 4 aromatic rings. The van der Waals surface area contributed by atoms with Gasteiger partial charge in [-0.05, 0) is 60.7 Å². The lowest BCUT2D eigenvalue weighted by molar-refractivity contribution is -0.116. The number of nitrogens with zero attached hydrogens (tertiary/aromatic N) is 1. The van der Waals surface area contributed by atoms with E-state index >= 15 is 0 Å². The molecular formula is C22H18ClN3O. The molecule has 0 aliphatic carbocycles. The van der Waals surface area contributed by atoms with Crippen LogP contribution in [0.5, 0.6) is 0 Å². The quantitative estimate of drug-likeness (QED) is 0.471. The average Bonchev–Trinajstić information content (AvgIpc) is 3.06. The molecule has 0 atom stereocenters. The Morgan fingerprint density at radius 1 is 0.852 bits per heavy atom. The van der Waals surface area contributed by atoms with Crippen molar-refractivity contribution in [2.75, 3.05) is 10.6 Å². The monoisotopic (exact) mass is 375 g/mol. The molecule has 0 aliphatic heterocycles. The highest BCUT2D eigenvalue weighted by Crippen LogP contribution is 2.21. The maximum absolute atomic E-state index is 12.4. The second-order valence-corrected chi connectivity index (χ2v) is 6.70. The lowest BCUT2D eigenvalue weighted by Crippen LogP contribution is -2.18. The lowest BCUT2D eigenvalue weighted by Gasteiger charge is -2.10. The van der Waals surface area contributed by atoms with Crippen molar-refractivity contribution in [3.63, 3.8) is 0 Å². The standard InChI is InChI=1S/C22H18ClN3O/c23-17-6-11-21-16(14-17)12-13-26(21)15-22(27)25-20-9-7-19(8-10-20)24-18-4-2-1-3-5-18/h1-14,24H,15H2,(H,25,27). The van der Waals surface area contributed by atoms with E-state index in [4.69, 9.17) is 11.6 Å². The van der Waals surface area contributed by atoms with E-state index in [9.17, 15) is 4.79 Å². The number of fused-ring (bicyclic) bond motifs is 1. The molecule has 0 aliphatic rings. The maximum atomic E-state index is 12.4. The summed E-state index contributed by atoms with van der Waals surface area (Å²) in [5.41, 5.74) is 3.73. The number of aromatic nitrogens is 1. The number of halogens is 1. The summed E-state index contributed by atoms with van der Waals surface area (Å²) in [4.78, 5) is 12.4. The molecule has 1 aromatic heterocycles. The Kier molecular flexibility index (Phi) is 4.81. The Morgan fingerprint density at radius 2 is 1.56 bits per heavy atom. The lowest BCUT2D eigenvalue weighted by atomic mass is 10.2. The number of anilines is 3. The van der Waals surface area contributed by atoms with E-state index in [-0.39, 0.29) is 12.5 Å². The van der Waals surface area contributed by atoms with Gasteiger partial charge >= 0.3 is 0 Å². The number of nitrogens with one attached hydrogen (secondary N) is 2. The number of carbonyl (C=O) groups excluding carboxylic acids is 1. The number of amides is 1. The smallest absolute Gasteiger partial charge is 0.244 e. The zero-order chi connectivity index (χ0) is 18.6. The van der Waals surface area contributed by atoms with E-state index in [1.54, 1.807) is 0 Å². The first-order chi connectivity index (χ1) is 13.2. The van der Waals surface area contributed by atoms with Crippen LogP contribution in [-0.2, 0) is 11.3 Å². The number of hydrogen-bond donors (Lipinski definition) is 2. The van der Waals surface area contributed by atoms with E-state index in [2.05, 4.69) is 10.6 Å². The van der Waals surface area contributed by atoms with Crippen molar-refractivity contribution in [3.05, 3.63) is 90.1 Å². The Hall–Kier alpha value is -3.24. The van der Waals surface area contributed by atoms with Gasteiger partial charge in [0, 0.05) is 39.2 Å². The first kappa shape index (κ1) is 17.2. The van der Waals surface area contributed by atoms with Crippen LogP contribution in [-0.4, -0.2) is 10.5 Å². The van der Waals surface area contributed by atoms with Crippen molar-refractivity contribution in [2.45, 2.75) is 6.54 Å². The highest BCUT2D eigenvalue weighted by atomic mass is 35.5. The van der Waals surface area contributed by atoms with Crippen molar-refractivity contribution in [1.29, 1.82) is 0 Å². The van der Waals surface area contributed by atoms with Crippen molar-refractivity contribution in [1.82, 2.24) is 4.57 Å². The van der Waals surface area contributed by atoms with Gasteiger partial charge in [-0.2, -0.15) is 0 Å². The van der Waals surface area contributed by atoms with E-state index in [0.717, 1.165) is 28.0 Å². The predicted octanol–water partition coefficient (Wildman–Crippen LogP) is 5.68. The van der Waals surface area contributed by atoms with Crippen molar-refractivity contribution >= 4 is 45.5 Å². The molecule has 4 nitrogen and oxygen atoms in total. The van der Waals surface area contributed by atoms with Gasteiger partial charge in [0.25, 0.3) is 0 Å². The summed E-state index contributed by atoms with van der Waals surface area (Å²) in [6.07, 6.45) is 1.90. The average molecular weight is 376 g/mol. The van der Waals surface area contributed by atoms with Crippen LogP contribution in [0.4, 0.5) is 17.1 Å². The first-order valence-electron chi connectivity index (χ1n) is 8.64. The van der Waals surface area contributed by atoms with E-state index in [1.807, 2.05) is 89.6 Å². The number of hydrogen-bond acceptors (Lipinski definition) is 2. The van der Waals surface area contributed by atoms with E-state index in [0.29, 0.717) is 5.02 Å². The second-order valence-electron chi connectivity index (χ2n) is 6.26. The molecule has 4 rings (SSSR count). The van der Waals surface area contributed by atoms with Gasteiger partial charge < -0.3 is 15.2 Å². The maximum Gasteiger partial charge on any atom is 0.244 e. The van der Waals surface area contributed by atoms with Crippen LogP contribution in [0, 0.1) is 0 Å². The molecule has 134 valence electrons. The Bertz CT molecular complexity index is 1070. The molecule has 0 radical (unpaired) electrons. The molecule has 0 bridgehead atoms. The fourth-order valence-corrected chi connectivity index (χ4v) is 3.17. The summed E-state index contributed by atoms with van der Waals surface area (Å²) >= 11 is 6.01. The second kappa shape index (κ2) is 7.56. The molecule has 0 saturated heterocycles. The van der Waals surface area contributed by atoms with Gasteiger partial charge in [0.1, 0.15) is 6.54 Å². The molecule has 0 spiro atoms. The fourth-order valence-electron chi connectivity index (χ4n) is 2.99. The fraction of sp³-hybridized carbons (Fsp3) is 0.0455. The molecular weight excluding hydrogens is 358 g/mol. The highest BCUT2D eigenvalue weighted by Gasteiger charge is 2.07. The normalized spacial score (nSPS) is 10.7. The summed E-state index contributed by atoms with van der Waals surface area (Å²) in [5, 5.41) is 7.96. The molecule has 0 saturated carbocycles. The number of benzene rings is 3. The molecule has 0 fully saturated rings.